The summed E-state index contributed by atoms with van der Waals surface area (Å²) in [6.07, 6.45) is 1.80. The lowest BCUT2D eigenvalue weighted by atomic mass is 9.92. The van der Waals surface area contributed by atoms with Crippen molar-refractivity contribution >= 4 is 29.1 Å². The highest BCUT2D eigenvalue weighted by Gasteiger charge is 2.24. The van der Waals surface area contributed by atoms with Crippen LogP contribution in [0.1, 0.15) is 25.3 Å². The summed E-state index contributed by atoms with van der Waals surface area (Å²) in [5, 5.41) is 7.49. The van der Waals surface area contributed by atoms with Crippen molar-refractivity contribution in [3.63, 3.8) is 0 Å². The van der Waals surface area contributed by atoms with Crippen molar-refractivity contribution in [2.24, 2.45) is 5.92 Å². The van der Waals surface area contributed by atoms with E-state index < -0.39 is 0 Å². The summed E-state index contributed by atoms with van der Waals surface area (Å²) in [6, 6.07) is 5.74. The van der Waals surface area contributed by atoms with Gasteiger partial charge in [0.1, 0.15) is 0 Å². The second kappa shape index (κ2) is 8.73. The van der Waals surface area contributed by atoms with Gasteiger partial charge in [0, 0.05) is 28.5 Å². The number of piperidine rings is 1. The molecule has 1 fully saturated rings. The Balaban J connectivity index is 1.63. The van der Waals surface area contributed by atoms with E-state index >= 15 is 0 Å². The van der Waals surface area contributed by atoms with Gasteiger partial charge in [-0.1, -0.05) is 29.3 Å². The second-order valence-corrected chi connectivity index (χ2v) is 6.50. The predicted molar refractivity (Wildman–Crippen MR) is 89.3 cm³/mol. The Morgan fingerprint density at radius 1 is 1.45 bits per heavy atom. The fraction of sp³-hybridized carbons (Fsp3) is 0.562. The average molecular weight is 345 g/mol. The normalized spacial score (nSPS) is 21.6. The van der Waals surface area contributed by atoms with Crippen LogP contribution in [0, 0.1) is 5.92 Å². The molecule has 0 radical (unpaired) electrons. The first-order valence-electron chi connectivity index (χ1n) is 7.59. The van der Waals surface area contributed by atoms with Gasteiger partial charge >= 0.3 is 0 Å². The van der Waals surface area contributed by atoms with E-state index in [2.05, 4.69) is 17.6 Å². The highest BCUT2D eigenvalue weighted by Crippen LogP contribution is 2.21. The molecule has 0 aromatic heterocycles. The molecule has 1 saturated heterocycles. The highest BCUT2D eigenvalue weighted by atomic mass is 35.5. The minimum atomic E-state index is 0.113. The van der Waals surface area contributed by atoms with Gasteiger partial charge in [0.05, 0.1) is 13.2 Å². The van der Waals surface area contributed by atoms with Crippen molar-refractivity contribution in [1.29, 1.82) is 0 Å². The van der Waals surface area contributed by atoms with E-state index in [0.717, 1.165) is 24.9 Å². The Bertz CT molecular complexity index is 511. The number of ether oxygens (including phenoxy) is 1. The molecule has 0 saturated carbocycles. The zero-order valence-electron chi connectivity index (χ0n) is 12.7. The van der Waals surface area contributed by atoms with E-state index in [0.29, 0.717) is 35.8 Å². The Hall–Kier alpha value is -0.810. The Morgan fingerprint density at radius 3 is 3.00 bits per heavy atom. The van der Waals surface area contributed by atoms with Crippen LogP contribution in [0.5, 0.6) is 0 Å². The van der Waals surface area contributed by atoms with Crippen molar-refractivity contribution in [2.45, 2.75) is 32.4 Å². The van der Waals surface area contributed by atoms with Gasteiger partial charge in [-0.15, -0.1) is 0 Å². The van der Waals surface area contributed by atoms with E-state index in [1.54, 1.807) is 12.1 Å². The van der Waals surface area contributed by atoms with Crippen molar-refractivity contribution in [3.05, 3.63) is 33.8 Å². The zero-order chi connectivity index (χ0) is 15.9. The lowest BCUT2D eigenvalue weighted by molar-refractivity contribution is -0.126. The zero-order valence-corrected chi connectivity index (χ0v) is 14.2. The van der Waals surface area contributed by atoms with Crippen molar-refractivity contribution < 1.29 is 9.53 Å². The van der Waals surface area contributed by atoms with Crippen LogP contribution in [0.3, 0.4) is 0 Å². The maximum absolute atomic E-state index is 12.0. The second-order valence-electron chi connectivity index (χ2n) is 5.66. The van der Waals surface area contributed by atoms with Gasteiger partial charge in [0.25, 0.3) is 0 Å². The monoisotopic (exact) mass is 344 g/mol. The van der Waals surface area contributed by atoms with Crippen LogP contribution < -0.4 is 10.6 Å². The Labute approximate surface area is 141 Å². The van der Waals surface area contributed by atoms with Gasteiger partial charge in [-0.3, -0.25) is 4.79 Å². The molecule has 1 amide bonds. The number of carbonyl (C=O) groups excluding carboxylic acids is 1. The summed E-state index contributed by atoms with van der Waals surface area (Å²) in [6.45, 7) is 4.41. The standard InChI is InChI=1S/C16H22Cl2N2O2/c1-11-8-12(4-5-19-11)16(21)20-6-7-22-10-13-2-3-14(17)9-15(13)18/h2-3,9,11-12,19H,4-8,10H2,1H3,(H,20,21)/t11-,12-/m0/s1. The summed E-state index contributed by atoms with van der Waals surface area (Å²) in [5.74, 6) is 0.239. The smallest absolute Gasteiger partial charge is 0.223 e. The fourth-order valence-electron chi connectivity index (χ4n) is 2.58. The van der Waals surface area contributed by atoms with Crippen LogP contribution >= 0.6 is 23.2 Å². The number of carbonyl (C=O) groups is 1. The third kappa shape index (κ3) is 5.43. The van der Waals surface area contributed by atoms with E-state index in [1.807, 2.05) is 6.07 Å². The first kappa shape index (κ1) is 17.5. The minimum absolute atomic E-state index is 0.113. The molecule has 0 aliphatic carbocycles. The molecule has 1 aromatic carbocycles. The molecule has 6 heteroatoms. The molecule has 0 unspecified atom stereocenters. The van der Waals surface area contributed by atoms with Crippen LogP contribution in [0.4, 0.5) is 0 Å². The average Bonchev–Trinajstić information content (AvgIpc) is 2.48. The van der Waals surface area contributed by atoms with Gasteiger partial charge in [-0.25, -0.2) is 0 Å². The number of nitrogens with one attached hydrogen (secondary N) is 2. The summed E-state index contributed by atoms with van der Waals surface area (Å²) < 4.78 is 5.54. The molecule has 1 aliphatic rings. The van der Waals surface area contributed by atoms with Crippen molar-refractivity contribution in [2.75, 3.05) is 19.7 Å². The minimum Gasteiger partial charge on any atom is -0.375 e. The molecule has 1 aliphatic heterocycles. The molecule has 4 nitrogen and oxygen atoms in total. The summed E-state index contributed by atoms with van der Waals surface area (Å²) in [5.41, 5.74) is 0.893. The van der Waals surface area contributed by atoms with Gasteiger partial charge in [-0.05, 0) is 44.0 Å². The number of benzene rings is 1. The molecular weight excluding hydrogens is 323 g/mol. The molecule has 0 bridgehead atoms. The summed E-state index contributed by atoms with van der Waals surface area (Å²) >= 11 is 11.9. The molecule has 122 valence electrons. The molecule has 1 aromatic rings. The Morgan fingerprint density at radius 2 is 2.27 bits per heavy atom. The Kier molecular flexibility index (Phi) is 6.96. The maximum Gasteiger partial charge on any atom is 0.223 e. The fourth-order valence-corrected chi connectivity index (χ4v) is 3.04. The predicted octanol–water partition coefficient (Wildman–Crippen LogP) is 3.01. The molecule has 22 heavy (non-hydrogen) atoms. The van der Waals surface area contributed by atoms with Crippen LogP contribution in [-0.4, -0.2) is 31.6 Å². The van der Waals surface area contributed by atoms with E-state index in [4.69, 9.17) is 27.9 Å². The largest absolute Gasteiger partial charge is 0.375 e. The number of hydrogen-bond acceptors (Lipinski definition) is 3. The van der Waals surface area contributed by atoms with Crippen LogP contribution in [0.25, 0.3) is 0 Å². The third-order valence-corrected chi connectivity index (χ3v) is 4.40. The third-order valence-electron chi connectivity index (χ3n) is 3.81. The van der Waals surface area contributed by atoms with E-state index in [1.165, 1.54) is 0 Å². The van der Waals surface area contributed by atoms with Crippen molar-refractivity contribution in [3.8, 4) is 0 Å². The molecule has 2 atom stereocenters. The van der Waals surface area contributed by atoms with Gasteiger partial charge in [0.2, 0.25) is 5.91 Å². The molecule has 2 N–H and O–H groups in total. The van der Waals surface area contributed by atoms with E-state index in [9.17, 15) is 4.79 Å². The highest BCUT2D eigenvalue weighted by molar-refractivity contribution is 6.35. The summed E-state index contributed by atoms with van der Waals surface area (Å²) in [7, 11) is 0. The van der Waals surface area contributed by atoms with E-state index in [-0.39, 0.29) is 11.8 Å². The summed E-state index contributed by atoms with van der Waals surface area (Å²) in [4.78, 5) is 12.0. The topological polar surface area (TPSA) is 50.4 Å². The molecule has 0 spiro atoms. The lowest BCUT2D eigenvalue weighted by Gasteiger charge is -2.27. The first-order chi connectivity index (χ1) is 10.6. The number of rotatable bonds is 6. The number of amides is 1. The van der Waals surface area contributed by atoms with Gasteiger partial charge in [-0.2, -0.15) is 0 Å². The molecule has 2 rings (SSSR count). The quantitative estimate of drug-likeness (QED) is 0.780. The van der Waals surface area contributed by atoms with Crippen LogP contribution in [0.2, 0.25) is 10.0 Å². The van der Waals surface area contributed by atoms with Crippen molar-refractivity contribution in [1.82, 2.24) is 10.6 Å². The van der Waals surface area contributed by atoms with Crippen LogP contribution in [-0.2, 0) is 16.1 Å². The molecule has 1 heterocycles. The maximum atomic E-state index is 12.0. The van der Waals surface area contributed by atoms with Crippen LogP contribution in [0.15, 0.2) is 18.2 Å². The first-order valence-corrected chi connectivity index (χ1v) is 8.34. The number of hydrogen-bond donors (Lipinski definition) is 2. The lowest BCUT2D eigenvalue weighted by Crippen LogP contribution is -2.43. The van der Waals surface area contributed by atoms with Gasteiger partial charge < -0.3 is 15.4 Å². The molecular formula is C16H22Cl2N2O2. The van der Waals surface area contributed by atoms with Gasteiger partial charge in [0.15, 0.2) is 0 Å². The number of halogens is 2. The SMILES string of the molecule is C[C@H]1C[C@@H](C(=O)NCCOCc2ccc(Cl)cc2Cl)CCN1.